The summed E-state index contributed by atoms with van der Waals surface area (Å²) in [6.45, 7) is 0.456. The first-order valence-corrected chi connectivity index (χ1v) is 10.4. The van der Waals surface area contributed by atoms with E-state index in [-0.39, 0.29) is 31.3 Å². The average Bonchev–Trinajstić information content (AvgIpc) is 3.36. The minimum atomic E-state index is -0.691. The van der Waals surface area contributed by atoms with Crippen molar-refractivity contribution in [1.29, 1.82) is 0 Å². The Balaban J connectivity index is 1.50. The van der Waals surface area contributed by atoms with Gasteiger partial charge in [0.15, 0.2) is 0 Å². The van der Waals surface area contributed by atoms with Gasteiger partial charge in [0.05, 0.1) is 23.9 Å². The lowest BCUT2D eigenvalue weighted by molar-refractivity contribution is -0.122. The van der Waals surface area contributed by atoms with E-state index >= 15 is 0 Å². The summed E-state index contributed by atoms with van der Waals surface area (Å²) in [4.78, 5) is 29.9. The van der Waals surface area contributed by atoms with Gasteiger partial charge in [-0.25, -0.2) is 0 Å². The topological polar surface area (TPSA) is 74.0 Å². The van der Waals surface area contributed by atoms with Gasteiger partial charge in [0, 0.05) is 29.3 Å². The predicted molar refractivity (Wildman–Crippen MR) is 117 cm³/mol. The molecule has 1 aromatic heterocycles. The number of hydrogen-bond acceptors (Lipinski definition) is 4. The van der Waals surface area contributed by atoms with E-state index in [1.165, 1.54) is 4.90 Å². The molecule has 1 saturated heterocycles. The van der Waals surface area contributed by atoms with Crippen molar-refractivity contribution in [3.05, 3.63) is 77.9 Å². The minimum Gasteiger partial charge on any atom is -0.456 e. The molecule has 6 nitrogen and oxygen atoms in total. The third-order valence-corrected chi connectivity index (χ3v) is 6.33. The monoisotopic (exact) mass is 412 g/mol. The summed E-state index contributed by atoms with van der Waals surface area (Å²) < 4.78 is 6.15. The fraction of sp³-hybridized carbons (Fsp3) is 0.200. The maximum Gasteiger partial charge on any atom is 0.256 e. The van der Waals surface area contributed by atoms with Crippen LogP contribution in [0.15, 0.2) is 71.1 Å². The summed E-state index contributed by atoms with van der Waals surface area (Å²) in [6, 6.07) is 20.3. The molecule has 0 spiro atoms. The van der Waals surface area contributed by atoms with Crippen LogP contribution in [0.1, 0.15) is 22.3 Å². The number of aliphatic hydroxyl groups excluding tert-OH is 1. The molecule has 3 heterocycles. The smallest absolute Gasteiger partial charge is 0.256 e. The fourth-order valence-corrected chi connectivity index (χ4v) is 4.88. The summed E-state index contributed by atoms with van der Waals surface area (Å²) in [5.74, 6) is -0.391. The molecular formula is C25H20N2O4. The van der Waals surface area contributed by atoms with Gasteiger partial charge in [-0.05, 0) is 18.2 Å². The maximum absolute atomic E-state index is 13.6. The Labute approximate surface area is 178 Å². The third-order valence-electron chi connectivity index (χ3n) is 6.33. The number of amides is 2. The molecule has 0 unspecified atom stereocenters. The molecule has 2 amide bonds. The number of furan rings is 1. The van der Waals surface area contributed by atoms with E-state index in [1.54, 1.807) is 17.0 Å². The molecular weight excluding hydrogens is 392 g/mol. The molecule has 6 rings (SSSR count). The summed E-state index contributed by atoms with van der Waals surface area (Å²) in [7, 11) is 0. The fourth-order valence-electron chi connectivity index (χ4n) is 4.88. The maximum atomic E-state index is 13.6. The van der Waals surface area contributed by atoms with Gasteiger partial charge in [-0.15, -0.1) is 0 Å². The van der Waals surface area contributed by atoms with Crippen LogP contribution in [0.2, 0.25) is 0 Å². The van der Waals surface area contributed by atoms with Gasteiger partial charge in [-0.1, -0.05) is 48.5 Å². The first-order valence-electron chi connectivity index (χ1n) is 10.4. The highest BCUT2D eigenvalue weighted by Crippen LogP contribution is 2.36. The van der Waals surface area contributed by atoms with Gasteiger partial charge in [-0.2, -0.15) is 0 Å². The van der Waals surface area contributed by atoms with Gasteiger partial charge in [-0.3, -0.25) is 9.59 Å². The van der Waals surface area contributed by atoms with Crippen molar-refractivity contribution in [3.8, 4) is 0 Å². The zero-order chi connectivity index (χ0) is 21.1. The van der Waals surface area contributed by atoms with Crippen LogP contribution >= 0.6 is 0 Å². The molecule has 0 saturated carbocycles. The van der Waals surface area contributed by atoms with E-state index in [4.69, 9.17) is 4.42 Å². The van der Waals surface area contributed by atoms with Crippen LogP contribution < -0.4 is 4.90 Å². The zero-order valence-electron chi connectivity index (χ0n) is 16.7. The highest BCUT2D eigenvalue weighted by molar-refractivity contribution is 6.12. The number of benzene rings is 3. The number of fused-ring (bicyclic) bond motifs is 5. The van der Waals surface area contributed by atoms with Crippen LogP contribution in [-0.4, -0.2) is 40.5 Å². The van der Waals surface area contributed by atoms with Gasteiger partial charge in [0.1, 0.15) is 17.2 Å². The molecule has 0 radical (unpaired) electrons. The quantitative estimate of drug-likeness (QED) is 0.545. The van der Waals surface area contributed by atoms with Crippen molar-refractivity contribution in [2.75, 3.05) is 11.4 Å². The predicted octanol–water partition coefficient (Wildman–Crippen LogP) is 3.71. The normalized spacial score (nSPS) is 20.9. The van der Waals surface area contributed by atoms with E-state index in [9.17, 15) is 14.7 Å². The van der Waals surface area contributed by atoms with Gasteiger partial charge >= 0.3 is 0 Å². The minimum absolute atomic E-state index is 0.177. The number of carbonyl (C=O) groups is 2. The second-order valence-electron chi connectivity index (χ2n) is 8.20. The first-order chi connectivity index (χ1) is 15.1. The van der Waals surface area contributed by atoms with Crippen LogP contribution in [0, 0.1) is 0 Å². The summed E-state index contributed by atoms with van der Waals surface area (Å²) >= 11 is 0. The lowest BCUT2D eigenvalue weighted by atomic mass is 10.1. The number of carbonyl (C=O) groups excluding carboxylic acids is 2. The Bertz CT molecular complexity index is 1360. The second kappa shape index (κ2) is 6.68. The van der Waals surface area contributed by atoms with Crippen LogP contribution in [0.5, 0.6) is 0 Å². The van der Waals surface area contributed by atoms with Gasteiger partial charge in [0.25, 0.3) is 5.91 Å². The molecule has 2 aliphatic heterocycles. The number of anilines is 1. The van der Waals surface area contributed by atoms with E-state index in [0.717, 1.165) is 27.5 Å². The molecule has 6 heteroatoms. The van der Waals surface area contributed by atoms with E-state index in [1.807, 2.05) is 54.6 Å². The number of para-hydroxylation sites is 3. The molecule has 2 atom stereocenters. The van der Waals surface area contributed by atoms with Crippen molar-refractivity contribution in [3.63, 3.8) is 0 Å². The summed E-state index contributed by atoms with van der Waals surface area (Å²) in [5.41, 5.74) is 3.48. The Hall–Kier alpha value is -3.64. The van der Waals surface area contributed by atoms with Crippen LogP contribution in [0.25, 0.3) is 21.9 Å². The SMILES string of the molecule is O=C1[C@@H]2C[C@@H](O)CN2C(=O)c2ccccc2N1Cc1cccc2c1oc1ccccc12. The molecule has 4 aromatic rings. The molecule has 3 aromatic carbocycles. The Morgan fingerprint density at radius 3 is 2.61 bits per heavy atom. The van der Waals surface area contributed by atoms with Crippen molar-refractivity contribution in [2.24, 2.45) is 0 Å². The first kappa shape index (κ1) is 18.2. The van der Waals surface area contributed by atoms with Crippen molar-refractivity contribution < 1.29 is 19.1 Å². The molecule has 31 heavy (non-hydrogen) atoms. The van der Waals surface area contributed by atoms with Crippen LogP contribution in [-0.2, 0) is 11.3 Å². The van der Waals surface area contributed by atoms with E-state index in [2.05, 4.69) is 0 Å². The van der Waals surface area contributed by atoms with Crippen LogP contribution in [0.3, 0.4) is 0 Å². The number of rotatable bonds is 2. The Kier molecular flexibility index (Phi) is 3.91. The molecule has 1 N–H and O–H groups in total. The second-order valence-corrected chi connectivity index (χ2v) is 8.20. The molecule has 0 bridgehead atoms. The van der Waals surface area contributed by atoms with Crippen molar-refractivity contribution >= 4 is 39.4 Å². The molecule has 0 aliphatic carbocycles. The van der Waals surface area contributed by atoms with Crippen LogP contribution in [0.4, 0.5) is 5.69 Å². The lowest BCUT2D eigenvalue weighted by Gasteiger charge is -2.26. The molecule has 154 valence electrons. The molecule has 2 aliphatic rings. The largest absolute Gasteiger partial charge is 0.456 e. The Morgan fingerprint density at radius 2 is 1.71 bits per heavy atom. The lowest BCUT2D eigenvalue weighted by Crippen LogP contribution is -2.44. The third kappa shape index (κ3) is 2.68. The van der Waals surface area contributed by atoms with E-state index in [0.29, 0.717) is 11.3 Å². The molecule has 1 fully saturated rings. The number of hydrogen-bond donors (Lipinski definition) is 1. The van der Waals surface area contributed by atoms with E-state index < -0.39 is 12.1 Å². The summed E-state index contributed by atoms with van der Waals surface area (Å²) in [5, 5.41) is 12.2. The Morgan fingerprint density at radius 1 is 0.935 bits per heavy atom. The highest BCUT2D eigenvalue weighted by atomic mass is 16.3. The summed E-state index contributed by atoms with van der Waals surface area (Å²) in [6.07, 6.45) is -0.437. The van der Waals surface area contributed by atoms with Crippen molar-refractivity contribution in [1.82, 2.24) is 4.90 Å². The zero-order valence-corrected chi connectivity index (χ0v) is 16.7. The highest BCUT2D eigenvalue weighted by Gasteiger charge is 2.45. The average molecular weight is 412 g/mol. The standard InChI is InChI=1S/C25H20N2O4/c28-16-12-21-25(30)26(20-10-3-1-8-19(20)24(29)27(21)14-16)13-15-6-5-9-18-17-7-2-4-11-22(17)31-23(15)18/h1-11,16,21,28H,12-14H2/t16-,21+/m1/s1. The van der Waals surface area contributed by atoms with Crippen molar-refractivity contribution in [2.45, 2.75) is 25.1 Å². The van der Waals surface area contributed by atoms with Gasteiger partial charge < -0.3 is 19.3 Å². The number of nitrogens with zero attached hydrogens (tertiary/aromatic N) is 2. The number of aliphatic hydroxyl groups is 1. The van der Waals surface area contributed by atoms with Gasteiger partial charge in [0.2, 0.25) is 5.91 Å².